The number of Topliss-reactive ketones (excluding diaryl/α,β-unsaturated/α-hetero) is 2. The zero-order valence-electron chi connectivity index (χ0n) is 67.6. The molecule has 0 fully saturated rings. The second-order valence-electron chi connectivity index (χ2n) is 31.5. The Kier molecular flexibility index (Phi) is 34.9. The lowest BCUT2D eigenvalue weighted by Crippen LogP contribution is -1.95. The molecular formula is C100H118N4O2S6. The normalized spacial score (nSPS) is 13.3. The molecule has 0 saturated carbocycles. The smallest absolute Gasteiger partial charge is 0.194 e. The Morgan fingerprint density at radius 3 is 0.902 bits per heavy atom. The van der Waals surface area contributed by atoms with Crippen LogP contribution in [0.3, 0.4) is 0 Å². The first kappa shape index (κ1) is 85.5. The molecule has 3 aromatic carbocycles. The van der Waals surface area contributed by atoms with E-state index in [1.807, 2.05) is 106 Å². The third-order valence-corrected chi connectivity index (χ3v) is 30.2. The molecule has 0 N–H and O–H groups in total. The van der Waals surface area contributed by atoms with Crippen LogP contribution in [0.1, 0.15) is 347 Å². The largest absolute Gasteiger partial charge is 0.289 e. The average Bonchev–Trinajstić information content (AvgIpc) is 1.55. The van der Waals surface area contributed by atoms with Crippen LogP contribution in [-0.2, 0) is 25.7 Å². The monoisotopic (exact) mass is 1600 g/mol. The quantitative estimate of drug-likeness (QED) is 0.0212. The number of carbonyl (C=O) groups excluding carboxylic acids is 2. The van der Waals surface area contributed by atoms with Gasteiger partial charge in [0.25, 0.3) is 0 Å². The molecule has 11 rings (SSSR count). The summed E-state index contributed by atoms with van der Waals surface area (Å²) in [4.78, 5) is 41.4. The van der Waals surface area contributed by atoms with Crippen molar-refractivity contribution in [1.29, 1.82) is 21.0 Å². The number of hydrogen-bond donors (Lipinski definition) is 0. The van der Waals surface area contributed by atoms with E-state index in [0.29, 0.717) is 44.5 Å². The third kappa shape index (κ3) is 22.6. The van der Waals surface area contributed by atoms with Crippen molar-refractivity contribution in [3.63, 3.8) is 0 Å². The summed E-state index contributed by atoms with van der Waals surface area (Å²) in [6.07, 6.45) is 58.9. The molecule has 0 saturated heterocycles. The first-order valence-corrected chi connectivity index (χ1v) is 48.3. The number of ketones is 2. The predicted octanol–water partition coefficient (Wildman–Crippen LogP) is 33.0. The number of thiophene rings is 6. The van der Waals surface area contributed by atoms with Gasteiger partial charge in [0.2, 0.25) is 0 Å². The van der Waals surface area contributed by atoms with E-state index in [9.17, 15) is 30.6 Å². The van der Waals surface area contributed by atoms with Gasteiger partial charge in [0, 0.05) is 113 Å². The van der Waals surface area contributed by atoms with Crippen LogP contribution in [0.5, 0.6) is 0 Å². The molecule has 9 aromatic rings. The number of benzene rings is 3. The highest BCUT2D eigenvalue weighted by Crippen LogP contribution is 2.57. The van der Waals surface area contributed by atoms with E-state index in [1.54, 1.807) is 22.7 Å². The molecule has 6 aromatic heterocycles. The Morgan fingerprint density at radius 2 is 0.598 bits per heavy atom. The first-order valence-electron chi connectivity index (χ1n) is 43.4. The van der Waals surface area contributed by atoms with E-state index in [-0.39, 0.29) is 22.7 Å². The lowest BCUT2D eigenvalue weighted by Gasteiger charge is -2.09. The summed E-state index contributed by atoms with van der Waals surface area (Å²) in [5, 5.41) is 44.3. The SMILES string of the molecule is CCCCCCCCCCCCc1ccc(-c2c3cc(-c4sc(/C=C5\C(=O)c6ccccc6C5=C(C#N)C#N)cc4CCCCCCCCCCCC)sc3c(-c3ccc(CCCCCCCCCCCC)s3)c3cc(-c4sc(/C=C5\C(=O)c6ccccc6C5=C(C#N)C#N)cc4CCCCCCCCCCCC)sc23)s1. The fourth-order valence-corrected chi connectivity index (χ4v) is 24.2. The minimum absolute atomic E-state index is 0.0488. The molecule has 0 spiro atoms. The van der Waals surface area contributed by atoms with Gasteiger partial charge in [-0.05, 0) is 134 Å². The van der Waals surface area contributed by atoms with Crippen LogP contribution < -0.4 is 0 Å². The number of unbranched alkanes of at least 4 members (excludes halogenated alkanes) is 36. The molecule has 586 valence electrons. The Hall–Kier alpha value is -7.36. The molecule has 0 atom stereocenters. The van der Waals surface area contributed by atoms with Gasteiger partial charge in [-0.25, -0.2) is 0 Å². The summed E-state index contributed by atoms with van der Waals surface area (Å²) >= 11 is 11.2. The Labute approximate surface area is 695 Å². The van der Waals surface area contributed by atoms with Crippen LogP contribution in [0.15, 0.2) is 119 Å². The minimum atomic E-state index is -0.157. The van der Waals surface area contributed by atoms with Gasteiger partial charge in [-0.2, -0.15) is 21.0 Å². The molecular weight excluding hydrogens is 1480 g/mol. The molecule has 0 amide bonds. The predicted molar refractivity (Wildman–Crippen MR) is 486 cm³/mol. The summed E-state index contributed by atoms with van der Waals surface area (Å²) in [6.45, 7) is 9.16. The Balaban J connectivity index is 1.05. The number of allylic oxidation sites excluding steroid dienone is 6. The van der Waals surface area contributed by atoms with Gasteiger partial charge in [0.05, 0.1) is 0 Å². The van der Waals surface area contributed by atoms with Crippen LogP contribution in [0.25, 0.3) is 83.9 Å². The molecule has 12 heteroatoms. The summed E-state index contributed by atoms with van der Waals surface area (Å²) in [6, 6.07) is 42.8. The molecule has 0 aliphatic heterocycles. The standard InChI is InChI=1S/C100H118N4O2S6/c1-5-9-13-17-21-25-29-33-37-41-49-71-61-77(63-83-91(73(67-101)68-102)79-53-45-47-55-81(79)95(83)105)109-97(71)89-65-85-93(87-59-57-75(107-87)51-43-39-35-31-27-23-19-15-11-7-3)100-86(94(99(85)111-89)88-60-58-76(108-88)52-44-40-36-32-28-24-20-16-12-8-4)66-90(112-100)98-72(50-42-38-34-30-26-22-18-14-10-6-2)62-78(110-98)64-84-92(74(69-103)70-104)80-54-46-48-56-82(80)96(84)106/h45-48,53-66H,5-44,49-52H2,1-4H3/b83-63-,84-64-. The van der Waals surface area contributed by atoms with Gasteiger partial charge in [0.15, 0.2) is 11.6 Å². The molecule has 6 heterocycles. The summed E-state index contributed by atoms with van der Waals surface area (Å²) in [7, 11) is 0. The topological polar surface area (TPSA) is 129 Å². The van der Waals surface area contributed by atoms with Gasteiger partial charge < -0.3 is 0 Å². The van der Waals surface area contributed by atoms with Gasteiger partial charge in [0.1, 0.15) is 35.4 Å². The van der Waals surface area contributed by atoms with Crippen molar-refractivity contribution in [3.8, 4) is 64.7 Å². The van der Waals surface area contributed by atoms with Gasteiger partial charge >= 0.3 is 0 Å². The highest BCUT2D eigenvalue weighted by molar-refractivity contribution is 7.29. The van der Waals surface area contributed by atoms with Gasteiger partial charge in [-0.15, -0.1) is 68.0 Å². The molecule has 2 aliphatic rings. The highest BCUT2D eigenvalue weighted by Gasteiger charge is 2.35. The van der Waals surface area contributed by atoms with Crippen molar-refractivity contribution in [1.82, 2.24) is 0 Å². The van der Waals surface area contributed by atoms with E-state index in [4.69, 9.17) is 0 Å². The minimum Gasteiger partial charge on any atom is -0.289 e. The molecule has 0 unspecified atom stereocenters. The van der Waals surface area contributed by atoms with Crippen LogP contribution in [0, 0.1) is 45.3 Å². The van der Waals surface area contributed by atoms with E-state index in [2.05, 4.69) is 101 Å². The zero-order chi connectivity index (χ0) is 78.2. The van der Waals surface area contributed by atoms with Crippen molar-refractivity contribution in [2.45, 2.75) is 310 Å². The Morgan fingerprint density at radius 1 is 0.312 bits per heavy atom. The fraction of sp³-hybridized carbons (Fsp3) is 0.480. The summed E-state index contributed by atoms with van der Waals surface area (Å²) in [5.41, 5.74) is 8.99. The van der Waals surface area contributed by atoms with Gasteiger partial charge in [-0.3, -0.25) is 9.59 Å². The molecule has 0 radical (unpaired) electrons. The number of nitrogens with zero attached hydrogens (tertiary/aromatic N) is 4. The molecule has 6 nitrogen and oxygen atoms in total. The van der Waals surface area contributed by atoms with Crippen molar-refractivity contribution in [2.24, 2.45) is 0 Å². The van der Waals surface area contributed by atoms with Crippen LogP contribution in [-0.4, -0.2) is 11.6 Å². The first-order chi connectivity index (χ1) is 55.1. The third-order valence-electron chi connectivity index (χ3n) is 23.0. The number of rotatable bonds is 50. The van der Waals surface area contributed by atoms with Crippen LogP contribution in [0.2, 0.25) is 0 Å². The molecule has 0 bridgehead atoms. The maximum atomic E-state index is 14.6. The van der Waals surface area contributed by atoms with E-state index in [1.165, 1.54) is 313 Å². The molecule has 112 heavy (non-hydrogen) atoms. The van der Waals surface area contributed by atoms with E-state index < -0.39 is 0 Å². The van der Waals surface area contributed by atoms with Crippen molar-refractivity contribution < 1.29 is 9.59 Å². The Bertz CT molecular complexity index is 4520. The van der Waals surface area contributed by atoms with Crippen molar-refractivity contribution in [3.05, 3.63) is 172 Å². The van der Waals surface area contributed by atoms with Crippen molar-refractivity contribution >= 4 is 123 Å². The van der Waals surface area contributed by atoms with Crippen molar-refractivity contribution in [2.75, 3.05) is 0 Å². The zero-order valence-corrected chi connectivity index (χ0v) is 72.5. The number of nitriles is 4. The van der Waals surface area contributed by atoms with Crippen LogP contribution >= 0.6 is 68.0 Å². The number of hydrogen-bond acceptors (Lipinski definition) is 12. The lowest BCUT2D eigenvalue weighted by molar-refractivity contribution is 0.103. The fourth-order valence-electron chi connectivity index (χ4n) is 16.8. The average molecular weight is 1600 g/mol. The second-order valence-corrected chi connectivity index (χ2v) is 38.1. The highest BCUT2D eigenvalue weighted by atomic mass is 32.1. The lowest BCUT2D eigenvalue weighted by atomic mass is 9.98. The van der Waals surface area contributed by atoms with Crippen LogP contribution in [0.4, 0.5) is 0 Å². The summed E-state index contributed by atoms with van der Waals surface area (Å²) in [5.74, 6) is -0.315. The second kappa shape index (κ2) is 45.7. The maximum Gasteiger partial charge on any atom is 0.194 e. The van der Waals surface area contributed by atoms with Gasteiger partial charge in [-0.1, -0.05) is 307 Å². The maximum absolute atomic E-state index is 14.6. The molecule has 2 aliphatic carbocycles. The number of carbonyl (C=O) groups is 2. The summed E-state index contributed by atoms with van der Waals surface area (Å²) < 4.78 is 2.56. The number of fused-ring (bicyclic) bond motifs is 4. The van der Waals surface area contributed by atoms with E-state index >= 15 is 0 Å². The van der Waals surface area contributed by atoms with E-state index in [0.717, 1.165) is 61.1 Å². The number of aryl methyl sites for hydroxylation is 4.